The van der Waals surface area contributed by atoms with Crippen molar-refractivity contribution < 1.29 is 8.42 Å². The first-order valence-electron chi connectivity index (χ1n) is 6.14. The molecule has 3 unspecified atom stereocenters. The molecular formula is C11H22N2O2S2. The fraction of sp³-hybridized carbons (Fsp3) is 1.00. The van der Waals surface area contributed by atoms with Crippen molar-refractivity contribution in [1.82, 2.24) is 4.90 Å². The van der Waals surface area contributed by atoms with Crippen LogP contribution in [-0.4, -0.2) is 61.0 Å². The van der Waals surface area contributed by atoms with Crippen LogP contribution in [0.15, 0.2) is 0 Å². The van der Waals surface area contributed by atoms with Crippen molar-refractivity contribution in [3.63, 3.8) is 0 Å². The molecule has 0 aromatic heterocycles. The lowest BCUT2D eigenvalue weighted by molar-refractivity contribution is 0.106. The van der Waals surface area contributed by atoms with Crippen LogP contribution in [0, 0.1) is 0 Å². The minimum Gasteiger partial charge on any atom is -0.329 e. The Morgan fingerprint density at radius 3 is 2.65 bits per heavy atom. The van der Waals surface area contributed by atoms with Crippen LogP contribution in [-0.2, 0) is 9.84 Å². The van der Waals surface area contributed by atoms with E-state index in [1.54, 1.807) is 0 Å². The molecule has 4 nitrogen and oxygen atoms in total. The van der Waals surface area contributed by atoms with Crippen LogP contribution in [0.5, 0.6) is 0 Å². The maximum atomic E-state index is 11.6. The fourth-order valence-corrected chi connectivity index (χ4v) is 6.19. The molecule has 0 amide bonds. The van der Waals surface area contributed by atoms with Gasteiger partial charge in [0.05, 0.1) is 11.5 Å². The second-order valence-electron chi connectivity index (χ2n) is 5.42. The van der Waals surface area contributed by atoms with Crippen LogP contribution in [0.2, 0.25) is 0 Å². The average Bonchev–Trinajstić information content (AvgIpc) is 2.82. The largest absolute Gasteiger partial charge is 0.329 e. The van der Waals surface area contributed by atoms with E-state index in [9.17, 15) is 8.42 Å². The number of hydrogen-bond donors (Lipinski definition) is 1. The first kappa shape index (κ1) is 13.6. The summed E-state index contributed by atoms with van der Waals surface area (Å²) >= 11 is 1.94. The maximum absolute atomic E-state index is 11.6. The molecule has 2 aliphatic rings. The highest BCUT2D eigenvalue weighted by atomic mass is 32.2. The van der Waals surface area contributed by atoms with E-state index in [1.807, 2.05) is 11.8 Å². The molecule has 3 atom stereocenters. The lowest BCUT2D eigenvalue weighted by atomic mass is 9.92. The summed E-state index contributed by atoms with van der Waals surface area (Å²) < 4.78 is 23.1. The smallest absolute Gasteiger partial charge is 0.151 e. The second kappa shape index (κ2) is 4.72. The highest BCUT2D eigenvalue weighted by molar-refractivity contribution is 8.00. The van der Waals surface area contributed by atoms with E-state index in [4.69, 9.17) is 5.73 Å². The topological polar surface area (TPSA) is 63.4 Å². The zero-order chi connectivity index (χ0) is 12.7. The molecule has 2 aliphatic heterocycles. The summed E-state index contributed by atoms with van der Waals surface area (Å²) in [5.41, 5.74) is 5.97. The molecule has 17 heavy (non-hydrogen) atoms. The van der Waals surface area contributed by atoms with E-state index >= 15 is 0 Å². The van der Waals surface area contributed by atoms with Gasteiger partial charge < -0.3 is 5.73 Å². The van der Waals surface area contributed by atoms with Crippen LogP contribution < -0.4 is 5.73 Å². The molecule has 6 heteroatoms. The molecule has 0 aromatic rings. The highest BCUT2D eigenvalue weighted by Crippen LogP contribution is 2.39. The third-order valence-electron chi connectivity index (χ3n) is 4.19. The molecule has 100 valence electrons. The summed E-state index contributed by atoms with van der Waals surface area (Å²) in [7, 11) is -0.755. The van der Waals surface area contributed by atoms with Gasteiger partial charge in [-0.2, -0.15) is 11.8 Å². The molecule has 0 saturated carbocycles. The normalized spacial score (nSPS) is 41.2. The van der Waals surface area contributed by atoms with Crippen LogP contribution in [0.3, 0.4) is 0 Å². The zero-order valence-corrected chi connectivity index (χ0v) is 12.2. The van der Waals surface area contributed by atoms with Gasteiger partial charge in [-0.3, -0.25) is 4.90 Å². The van der Waals surface area contributed by atoms with E-state index in [0.29, 0.717) is 23.3 Å². The molecule has 2 saturated heterocycles. The first-order valence-corrected chi connectivity index (χ1v) is 9.01. The van der Waals surface area contributed by atoms with Gasteiger partial charge in [0.1, 0.15) is 0 Å². The van der Waals surface area contributed by atoms with E-state index in [2.05, 4.69) is 18.9 Å². The quantitative estimate of drug-likeness (QED) is 0.806. The molecular weight excluding hydrogens is 256 g/mol. The summed E-state index contributed by atoms with van der Waals surface area (Å²) in [6, 6.07) is 0.162. The Kier molecular flexibility index (Phi) is 3.79. The minimum absolute atomic E-state index is 0.00854. The monoisotopic (exact) mass is 278 g/mol. The van der Waals surface area contributed by atoms with E-state index in [-0.39, 0.29) is 11.6 Å². The summed E-state index contributed by atoms with van der Waals surface area (Å²) in [5.74, 6) is 1.67. The van der Waals surface area contributed by atoms with Gasteiger partial charge in [0.15, 0.2) is 9.84 Å². The summed E-state index contributed by atoms with van der Waals surface area (Å²) in [4.78, 5) is 2.26. The van der Waals surface area contributed by atoms with Crippen molar-refractivity contribution in [1.29, 1.82) is 0 Å². The van der Waals surface area contributed by atoms with Gasteiger partial charge in [-0.25, -0.2) is 8.42 Å². The van der Waals surface area contributed by atoms with Crippen molar-refractivity contribution in [3.05, 3.63) is 0 Å². The van der Waals surface area contributed by atoms with Crippen LogP contribution in [0.25, 0.3) is 0 Å². The highest BCUT2D eigenvalue weighted by Gasteiger charge is 2.45. The SMILES string of the molecule is CC1CC(CN)(N(C)C2CCS(=O)(=O)C2)CS1. The molecule has 0 aliphatic carbocycles. The van der Waals surface area contributed by atoms with E-state index in [1.165, 1.54) is 0 Å². The molecule has 0 bridgehead atoms. The molecule has 2 rings (SSSR count). The van der Waals surface area contributed by atoms with Crippen molar-refractivity contribution in [2.45, 2.75) is 36.6 Å². The summed E-state index contributed by atoms with van der Waals surface area (Å²) in [5, 5.41) is 0.624. The molecule has 0 aromatic carbocycles. The van der Waals surface area contributed by atoms with E-state index < -0.39 is 9.84 Å². The number of likely N-dealkylation sites (N-methyl/N-ethyl adjacent to an activating group) is 1. The Balaban J connectivity index is 2.11. The first-order chi connectivity index (χ1) is 7.88. The number of thioether (sulfide) groups is 1. The molecule has 2 heterocycles. The third-order valence-corrected chi connectivity index (χ3v) is 7.38. The Morgan fingerprint density at radius 2 is 2.24 bits per heavy atom. The van der Waals surface area contributed by atoms with Gasteiger partial charge >= 0.3 is 0 Å². The molecule has 2 N–H and O–H groups in total. The van der Waals surface area contributed by atoms with Gasteiger partial charge in [0, 0.05) is 29.1 Å². The zero-order valence-electron chi connectivity index (χ0n) is 10.6. The Morgan fingerprint density at radius 1 is 1.53 bits per heavy atom. The summed E-state index contributed by atoms with van der Waals surface area (Å²) in [6.45, 7) is 2.85. The lowest BCUT2D eigenvalue weighted by Gasteiger charge is -2.41. The Hall–Kier alpha value is 0.220. The number of nitrogens with two attached hydrogens (primary N) is 1. The average molecular weight is 278 g/mol. The van der Waals surface area contributed by atoms with E-state index in [0.717, 1.165) is 18.6 Å². The van der Waals surface area contributed by atoms with Crippen molar-refractivity contribution in [3.8, 4) is 0 Å². The maximum Gasteiger partial charge on any atom is 0.151 e. The van der Waals surface area contributed by atoms with Gasteiger partial charge in [0.2, 0.25) is 0 Å². The standard InChI is InChI=1S/C11H22N2O2S2/c1-9-5-11(7-12,8-16-9)13(2)10-3-4-17(14,15)6-10/h9-10H,3-8,12H2,1-2H3. The third kappa shape index (κ3) is 2.64. The number of hydrogen-bond acceptors (Lipinski definition) is 5. The minimum atomic E-state index is -2.81. The van der Waals surface area contributed by atoms with Gasteiger partial charge in [-0.05, 0) is 19.9 Å². The predicted molar refractivity (Wildman–Crippen MR) is 73.1 cm³/mol. The van der Waals surface area contributed by atoms with Crippen LogP contribution in [0.4, 0.5) is 0 Å². The second-order valence-corrected chi connectivity index (χ2v) is 9.08. The predicted octanol–water partition coefficient (Wildman–Crippen LogP) is 0.328. The Bertz CT molecular complexity index is 385. The molecule has 2 fully saturated rings. The summed E-state index contributed by atoms with van der Waals surface area (Å²) in [6.07, 6.45) is 1.83. The van der Waals surface area contributed by atoms with Crippen LogP contribution >= 0.6 is 11.8 Å². The number of nitrogens with zero attached hydrogens (tertiary/aromatic N) is 1. The van der Waals surface area contributed by atoms with Crippen molar-refractivity contribution in [2.75, 3.05) is 30.9 Å². The number of sulfone groups is 1. The molecule has 0 spiro atoms. The fourth-order valence-electron chi connectivity index (χ4n) is 2.95. The van der Waals surface area contributed by atoms with Gasteiger partial charge in [0.25, 0.3) is 0 Å². The Labute approximate surface area is 108 Å². The van der Waals surface area contributed by atoms with Crippen molar-refractivity contribution in [2.24, 2.45) is 5.73 Å². The van der Waals surface area contributed by atoms with Crippen LogP contribution in [0.1, 0.15) is 19.8 Å². The van der Waals surface area contributed by atoms with Crippen molar-refractivity contribution >= 4 is 21.6 Å². The molecule has 0 radical (unpaired) electrons. The van der Waals surface area contributed by atoms with Gasteiger partial charge in [-0.1, -0.05) is 6.92 Å². The lowest BCUT2D eigenvalue weighted by Crippen LogP contribution is -2.56. The number of rotatable bonds is 3. The van der Waals surface area contributed by atoms with Gasteiger partial charge in [-0.15, -0.1) is 0 Å².